The number of halogens is 3. The number of H-pyrrole nitrogens is 1. The predicted octanol–water partition coefficient (Wildman–Crippen LogP) is 4.63. The number of carbonyl (C=O) groups is 1. The van der Waals surface area contributed by atoms with Crippen molar-refractivity contribution in [2.75, 3.05) is 18.5 Å². The first-order valence-electron chi connectivity index (χ1n) is 10.2. The van der Waals surface area contributed by atoms with Crippen LogP contribution in [0.5, 0.6) is 11.5 Å². The molecule has 3 heterocycles. The highest BCUT2D eigenvalue weighted by Crippen LogP contribution is 2.35. The first-order chi connectivity index (χ1) is 16.3. The van der Waals surface area contributed by atoms with Crippen LogP contribution in [0.3, 0.4) is 0 Å². The summed E-state index contributed by atoms with van der Waals surface area (Å²) in [6.07, 6.45) is -4.13. The molecule has 1 amide bonds. The first kappa shape index (κ1) is 21.5. The molecule has 34 heavy (non-hydrogen) atoms. The Balaban J connectivity index is 1.57. The van der Waals surface area contributed by atoms with Crippen molar-refractivity contribution in [1.29, 1.82) is 0 Å². The van der Waals surface area contributed by atoms with Gasteiger partial charge in [0.25, 0.3) is 11.5 Å². The lowest BCUT2D eigenvalue weighted by molar-refractivity contribution is -0.137. The van der Waals surface area contributed by atoms with Crippen molar-refractivity contribution in [3.8, 4) is 22.8 Å². The lowest BCUT2D eigenvalue weighted by Crippen LogP contribution is -2.22. The first-order valence-corrected chi connectivity index (χ1v) is 10.2. The normalized spacial score (nSPS) is 13.0. The molecule has 0 spiro atoms. The number of para-hydroxylation sites is 1. The van der Waals surface area contributed by atoms with Gasteiger partial charge in [-0.3, -0.25) is 9.59 Å². The third-order valence-electron chi connectivity index (χ3n) is 5.28. The highest BCUT2D eigenvalue weighted by Gasteiger charge is 2.31. The molecule has 5 rings (SSSR count). The number of aromatic amines is 1. The van der Waals surface area contributed by atoms with Crippen molar-refractivity contribution in [2.24, 2.45) is 0 Å². The van der Waals surface area contributed by atoms with Crippen molar-refractivity contribution in [1.82, 2.24) is 9.97 Å². The molecule has 172 valence electrons. The summed E-state index contributed by atoms with van der Waals surface area (Å²) in [7, 11) is 0. The van der Waals surface area contributed by atoms with Gasteiger partial charge < -0.3 is 19.8 Å². The average molecular weight is 467 g/mol. The smallest absolute Gasteiger partial charge is 0.417 e. The molecular formula is C24H16F3N3O4. The van der Waals surface area contributed by atoms with Crippen LogP contribution in [0.1, 0.15) is 15.9 Å². The topological polar surface area (TPSA) is 93.3 Å². The van der Waals surface area contributed by atoms with Gasteiger partial charge in [-0.15, -0.1) is 0 Å². The summed E-state index contributed by atoms with van der Waals surface area (Å²) in [5.41, 5.74) is -0.711. The van der Waals surface area contributed by atoms with Gasteiger partial charge in [0.05, 0.1) is 22.3 Å². The van der Waals surface area contributed by atoms with Crippen LogP contribution in [0, 0.1) is 0 Å². The molecule has 0 fully saturated rings. The number of benzene rings is 2. The molecule has 1 aliphatic heterocycles. The molecule has 0 bridgehead atoms. The molecule has 10 heteroatoms. The average Bonchev–Trinajstić information content (AvgIpc) is 2.83. The minimum atomic E-state index is -4.68. The quantitative estimate of drug-likeness (QED) is 0.458. The number of carbonyl (C=O) groups excluding carboxylic acids is 1. The third-order valence-corrected chi connectivity index (χ3v) is 5.28. The number of rotatable bonds is 3. The van der Waals surface area contributed by atoms with E-state index in [1.165, 1.54) is 6.07 Å². The van der Waals surface area contributed by atoms with Gasteiger partial charge in [0.2, 0.25) is 0 Å². The van der Waals surface area contributed by atoms with Gasteiger partial charge in [0.1, 0.15) is 18.9 Å². The molecule has 0 saturated carbocycles. The number of nitrogens with one attached hydrogen (secondary N) is 2. The van der Waals surface area contributed by atoms with E-state index in [9.17, 15) is 22.8 Å². The standard InChI is InChI=1S/C24H16F3N3O4/c25-24(26,27)14-10-19(23(32)28-12-14)30-22(31)16-11-18(29-17-4-2-1-3-15(16)17)13-5-6-20-21(9-13)34-8-7-33-20/h1-6,9-12H,7-8H2,(H,28,32)(H,30,31). The van der Waals surface area contributed by atoms with Crippen molar-refractivity contribution in [2.45, 2.75) is 6.18 Å². The zero-order valence-corrected chi connectivity index (χ0v) is 17.4. The van der Waals surface area contributed by atoms with Gasteiger partial charge in [-0.2, -0.15) is 13.2 Å². The molecular weight excluding hydrogens is 451 g/mol. The fourth-order valence-electron chi connectivity index (χ4n) is 3.64. The number of pyridine rings is 2. The Hall–Kier alpha value is -4.34. The number of alkyl halides is 3. The summed E-state index contributed by atoms with van der Waals surface area (Å²) >= 11 is 0. The largest absolute Gasteiger partial charge is 0.486 e. The second kappa shape index (κ2) is 8.22. The van der Waals surface area contributed by atoms with Gasteiger partial charge in [-0.05, 0) is 36.4 Å². The summed E-state index contributed by atoms with van der Waals surface area (Å²) in [5, 5.41) is 2.78. The van der Waals surface area contributed by atoms with E-state index in [0.717, 1.165) is 0 Å². The van der Waals surface area contributed by atoms with Crippen molar-refractivity contribution < 1.29 is 27.4 Å². The highest BCUT2D eigenvalue weighted by atomic mass is 19.4. The molecule has 2 N–H and O–H groups in total. The minimum Gasteiger partial charge on any atom is -0.486 e. The predicted molar refractivity (Wildman–Crippen MR) is 118 cm³/mol. The number of hydrogen-bond donors (Lipinski definition) is 2. The summed E-state index contributed by atoms with van der Waals surface area (Å²) in [6.45, 7) is 0.848. The van der Waals surface area contributed by atoms with E-state index in [-0.39, 0.29) is 5.56 Å². The molecule has 0 saturated heterocycles. The van der Waals surface area contributed by atoms with Crippen molar-refractivity contribution >= 4 is 22.5 Å². The van der Waals surface area contributed by atoms with Crippen LogP contribution in [0.15, 0.2) is 65.6 Å². The van der Waals surface area contributed by atoms with Crippen LogP contribution >= 0.6 is 0 Å². The number of fused-ring (bicyclic) bond motifs is 2. The van der Waals surface area contributed by atoms with Gasteiger partial charge >= 0.3 is 6.18 Å². The molecule has 0 unspecified atom stereocenters. The summed E-state index contributed by atoms with van der Waals surface area (Å²) in [4.78, 5) is 31.8. The van der Waals surface area contributed by atoms with E-state index in [1.54, 1.807) is 42.5 Å². The SMILES string of the molecule is O=C(Nc1cc(C(F)(F)F)c[nH]c1=O)c1cc(-c2ccc3c(c2)OCCO3)nc2ccccc12. The van der Waals surface area contributed by atoms with Crippen LogP contribution < -0.4 is 20.3 Å². The Labute approximate surface area is 190 Å². The fourth-order valence-corrected chi connectivity index (χ4v) is 3.64. The van der Waals surface area contributed by atoms with Crippen LogP contribution in [0.2, 0.25) is 0 Å². The fraction of sp³-hybridized carbons (Fsp3) is 0.125. The molecule has 0 radical (unpaired) electrons. The summed E-state index contributed by atoms with van der Waals surface area (Å²) in [5.74, 6) is 0.389. The summed E-state index contributed by atoms with van der Waals surface area (Å²) < 4.78 is 50.4. The third kappa shape index (κ3) is 4.05. The molecule has 4 aromatic rings. The number of amides is 1. The minimum absolute atomic E-state index is 0.146. The number of aromatic nitrogens is 2. The van der Waals surface area contributed by atoms with E-state index < -0.39 is 28.9 Å². The van der Waals surface area contributed by atoms with E-state index in [4.69, 9.17) is 9.47 Å². The van der Waals surface area contributed by atoms with Crippen molar-refractivity contribution in [3.05, 3.63) is 82.3 Å². The molecule has 2 aromatic heterocycles. The van der Waals surface area contributed by atoms with Gasteiger partial charge in [-0.1, -0.05) is 18.2 Å². The van der Waals surface area contributed by atoms with E-state index >= 15 is 0 Å². The number of ether oxygens (including phenoxy) is 2. The maximum atomic E-state index is 13.1. The van der Waals surface area contributed by atoms with Gasteiger partial charge in [0, 0.05) is 17.1 Å². The zero-order chi connectivity index (χ0) is 23.9. The van der Waals surface area contributed by atoms with Crippen LogP contribution in [0.25, 0.3) is 22.2 Å². The van der Waals surface area contributed by atoms with Gasteiger partial charge in [0.15, 0.2) is 11.5 Å². The lowest BCUT2D eigenvalue weighted by Gasteiger charge is -2.19. The van der Waals surface area contributed by atoms with E-state index in [2.05, 4.69) is 10.3 Å². The number of anilines is 1. The van der Waals surface area contributed by atoms with E-state index in [0.29, 0.717) is 59.1 Å². The lowest BCUT2D eigenvalue weighted by atomic mass is 10.0. The zero-order valence-electron chi connectivity index (χ0n) is 17.4. The molecule has 7 nitrogen and oxygen atoms in total. The molecule has 1 aliphatic rings. The Morgan fingerprint density at radius 2 is 1.76 bits per heavy atom. The molecule has 0 aliphatic carbocycles. The second-order valence-corrected chi connectivity index (χ2v) is 7.51. The monoisotopic (exact) mass is 467 g/mol. The molecule has 0 atom stereocenters. The highest BCUT2D eigenvalue weighted by molar-refractivity contribution is 6.13. The van der Waals surface area contributed by atoms with Crippen LogP contribution in [0.4, 0.5) is 18.9 Å². The van der Waals surface area contributed by atoms with E-state index in [1.807, 2.05) is 4.98 Å². The second-order valence-electron chi connectivity index (χ2n) is 7.51. The Morgan fingerprint density at radius 1 is 1.00 bits per heavy atom. The van der Waals surface area contributed by atoms with Crippen LogP contribution in [-0.2, 0) is 6.18 Å². The Bertz CT molecular complexity index is 1480. The Kier molecular flexibility index (Phi) is 5.20. The van der Waals surface area contributed by atoms with Crippen molar-refractivity contribution in [3.63, 3.8) is 0 Å². The number of nitrogens with zero attached hydrogens (tertiary/aromatic N) is 1. The Morgan fingerprint density at radius 3 is 2.56 bits per heavy atom. The van der Waals surface area contributed by atoms with Gasteiger partial charge in [-0.25, -0.2) is 4.98 Å². The summed E-state index contributed by atoms with van der Waals surface area (Å²) in [6, 6.07) is 14.2. The van der Waals surface area contributed by atoms with Crippen LogP contribution in [-0.4, -0.2) is 29.1 Å². The maximum absolute atomic E-state index is 13.1. The maximum Gasteiger partial charge on any atom is 0.417 e. The molecule has 2 aromatic carbocycles. The number of hydrogen-bond acceptors (Lipinski definition) is 5.